The van der Waals surface area contributed by atoms with Crippen LogP contribution in [-0.2, 0) is 41.8 Å². The quantitative estimate of drug-likeness (QED) is 0.0127. The zero-order chi connectivity index (χ0) is 45.5. The third kappa shape index (κ3) is 42.6. The van der Waals surface area contributed by atoms with Crippen LogP contribution in [0.1, 0.15) is 149 Å². The van der Waals surface area contributed by atoms with E-state index in [-0.39, 0.29) is 19.3 Å². The molecule has 0 radical (unpaired) electrons. The lowest BCUT2D eigenvalue weighted by atomic mass is 9.99. The molecule has 0 saturated heterocycles. The van der Waals surface area contributed by atoms with E-state index in [4.69, 9.17) is 23.8 Å². The Balaban J connectivity index is 4.74. The monoisotopic (exact) mass is 904 g/mol. The van der Waals surface area contributed by atoms with Gasteiger partial charge >= 0.3 is 27.6 Å². The molecule has 16 heteroatoms. The van der Waals surface area contributed by atoms with Gasteiger partial charge < -0.3 is 34.4 Å². The van der Waals surface area contributed by atoms with Gasteiger partial charge in [-0.3, -0.25) is 23.2 Å². The summed E-state index contributed by atoms with van der Waals surface area (Å²) in [5.41, 5.74) is 0. The van der Waals surface area contributed by atoms with E-state index in [1.165, 1.54) is 44.9 Å². The Labute approximate surface area is 366 Å². The Hall–Kier alpha value is -2.48. The number of unbranched alkanes of at least 4 members (excludes halogenated alkanes) is 9. The van der Waals surface area contributed by atoms with E-state index >= 15 is 0 Å². The molecule has 5 atom stereocenters. The van der Waals surface area contributed by atoms with Crippen LogP contribution in [0, 0.1) is 5.92 Å². The van der Waals surface area contributed by atoms with Gasteiger partial charge in [-0.2, -0.15) is 0 Å². The normalized spacial score (nSPS) is 15.7. The van der Waals surface area contributed by atoms with Crippen molar-refractivity contribution < 1.29 is 66.7 Å². The summed E-state index contributed by atoms with van der Waals surface area (Å²) in [7, 11) is -9.75. The van der Waals surface area contributed by atoms with Crippen molar-refractivity contribution in [1.82, 2.24) is 0 Å². The molecule has 0 aromatic carbocycles. The van der Waals surface area contributed by atoms with E-state index in [9.17, 15) is 33.8 Å². The molecule has 0 heterocycles. The second-order valence-corrected chi connectivity index (χ2v) is 17.7. The summed E-state index contributed by atoms with van der Waals surface area (Å²) < 4.78 is 47.6. The van der Waals surface area contributed by atoms with Crippen LogP contribution in [0.3, 0.4) is 0 Å². The molecule has 0 amide bonds. The highest BCUT2D eigenvalue weighted by molar-refractivity contribution is 7.47. The first-order valence-corrected chi connectivity index (χ1v) is 25.2. The SMILES string of the molecule is CC/C=C\C/C=C\C/C=C\C/C=C\C/C=C\C=C/C(O)CCC(=O)OC[C@H](COP(=O)(O)OC[C@@H](O)COP(=O)(O)O)OC(=O)CCCCCCCCCCCCC(C)CC. The maximum atomic E-state index is 12.7. The number of esters is 2. The molecular weight excluding hydrogens is 826 g/mol. The minimum Gasteiger partial charge on any atom is -0.462 e. The number of aliphatic hydroxyl groups is 2. The van der Waals surface area contributed by atoms with Crippen LogP contribution in [0.2, 0.25) is 0 Å². The highest BCUT2D eigenvalue weighted by atomic mass is 31.2. The Bertz CT molecular complexity index is 1390. The molecule has 14 nitrogen and oxygen atoms in total. The number of ether oxygens (including phenoxy) is 2. The third-order valence-corrected chi connectivity index (χ3v) is 10.7. The van der Waals surface area contributed by atoms with Gasteiger partial charge in [0.2, 0.25) is 0 Å². The number of carbonyl (C=O) groups excluding carboxylic acids is 2. The summed E-state index contributed by atoms with van der Waals surface area (Å²) in [6.07, 6.45) is 38.0. The van der Waals surface area contributed by atoms with Crippen LogP contribution in [-0.4, -0.2) is 81.6 Å². The van der Waals surface area contributed by atoms with Gasteiger partial charge in [-0.05, 0) is 50.9 Å². The van der Waals surface area contributed by atoms with Crippen molar-refractivity contribution in [3.05, 3.63) is 72.9 Å². The number of rotatable bonds is 40. The van der Waals surface area contributed by atoms with Crippen LogP contribution < -0.4 is 0 Å². The van der Waals surface area contributed by atoms with Crippen LogP contribution in [0.5, 0.6) is 0 Å². The number of phosphoric ester groups is 2. The predicted molar refractivity (Wildman–Crippen MR) is 240 cm³/mol. The molecule has 0 bridgehead atoms. The fourth-order valence-corrected chi connectivity index (χ4v) is 6.65. The molecule has 0 fully saturated rings. The Kier molecular flexibility index (Phi) is 37.5. The summed E-state index contributed by atoms with van der Waals surface area (Å²) >= 11 is 0. The van der Waals surface area contributed by atoms with Gasteiger partial charge in [-0.1, -0.05) is 164 Å². The number of hydrogen-bond donors (Lipinski definition) is 5. The van der Waals surface area contributed by atoms with Gasteiger partial charge in [0.25, 0.3) is 0 Å². The average molecular weight is 905 g/mol. The number of hydrogen-bond acceptors (Lipinski definition) is 11. The van der Waals surface area contributed by atoms with Crippen molar-refractivity contribution in [1.29, 1.82) is 0 Å². The molecule has 5 N–H and O–H groups in total. The Morgan fingerprint density at radius 3 is 1.64 bits per heavy atom. The van der Waals surface area contributed by atoms with Gasteiger partial charge in [0.15, 0.2) is 6.10 Å². The Morgan fingerprint density at radius 1 is 0.574 bits per heavy atom. The summed E-state index contributed by atoms with van der Waals surface area (Å²) in [6, 6.07) is 0. The maximum absolute atomic E-state index is 12.7. The predicted octanol–water partition coefficient (Wildman–Crippen LogP) is 10.2. The first-order chi connectivity index (χ1) is 29.2. The molecule has 3 unspecified atom stereocenters. The molecule has 352 valence electrons. The lowest BCUT2D eigenvalue weighted by molar-refractivity contribution is -0.161. The zero-order valence-electron chi connectivity index (χ0n) is 37.0. The standard InChI is InChI=1S/C45H78O14P2/c1-4-6-7-8-9-10-11-12-13-14-15-16-20-23-26-29-32-41(46)34-35-44(48)55-38-43(39-58-61(53,54)57-37-42(47)36-56-60(50,51)52)59-45(49)33-30-27-24-21-18-17-19-22-25-28-31-40(3)5-2/h6-7,9-10,12-13,15-16,23,26,29,32,40-43,46-47H,4-5,8,11,14,17-22,24-25,27-28,30-31,33-39H2,1-3H3,(H,53,54)(H2,50,51,52)/b7-6-,10-9-,13-12-,16-15-,26-23-,32-29-/t40?,41?,42-,43+/m0/s1. The molecule has 0 rings (SSSR count). The maximum Gasteiger partial charge on any atom is 0.472 e. The van der Waals surface area contributed by atoms with Gasteiger partial charge in [0.05, 0.1) is 25.9 Å². The van der Waals surface area contributed by atoms with E-state index in [2.05, 4.69) is 72.4 Å². The number of aliphatic hydroxyl groups excluding tert-OH is 2. The van der Waals surface area contributed by atoms with Crippen LogP contribution in [0.25, 0.3) is 0 Å². The summed E-state index contributed by atoms with van der Waals surface area (Å²) in [6.45, 7) is 3.68. The van der Waals surface area contributed by atoms with Crippen molar-refractivity contribution in [2.45, 2.75) is 167 Å². The van der Waals surface area contributed by atoms with E-state index in [0.717, 1.165) is 63.7 Å². The fraction of sp³-hybridized carbons (Fsp3) is 0.689. The van der Waals surface area contributed by atoms with Crippen molar-refractivity contribution in [2.24, 2.45) is 5.92 Å². The fourth-order valence-electron chi connectivity index (χ4n) is 5.49. The molecule has 0 spiro atoms. The molecule has 0 aromatic rings. The van der Waals surface area contributed by atoms with E-state index in [0.29, 0.717) is 6.42 Å². The molecule has 61 heavy (non-hydrogen) atoms. The second kappa shape index (κ2) is 39.1. The van der Waals surface area contributed by atoms with Crippen molar-refractivity contribution in [3.63, 3.8) is 0 Å². The van der Waals surface area contributed by atoms with Gasteiger partial charge in [-0.25, -0.2) is 9.13 Å². The van der Waals surface area contributed by atoms with Crippen molar-refractivity contribution in [2.75, 3.05) is 26.4 Å². The molecular formula is C45H78O14P2. The average Bonchev–Trinajstić information content (AvgIpc) is 3.22. The lowest BCUT2D eigenvalue weighted by Gasteiger charge is -2.20. The zero-order valence-corrected chi connectivity index (χ0v) is 38.8. The first-order valence-electron chi connectivity index (χ1n) is 22.1. The summed E-state index contributed by atoms with van der Waals surface area (Å²) in [5, 5.41) is 20.0. The molecule has 0 aromatic heterocycles. The van der Waals surface area contributed by atoms with Gasteiger partial charge in [0, 0.05) is 12.8 Å². The number of phosphoric acid groups is 2. The van der Waals surface area contributed by atoms with E-state index in [1.807, 2.05) is 12.2 Å². The molecule has 0 saturated carbocycles. The third-order valence-electron chi connectivity index (χ3n) is 9.26. The smallest absolute Gasteiger partial charge is 0.462 e. The first kappa shape index (κ1) is 58.5. The number of carbonyl (C=O) groups is 2. The molecule has 0 aliphatic rings. The van der Waals surface area contributed by atoms with Crippen molar-refractivity contribution in [3.8, 4) is 0 Å². The Morgan fingerprint density at radius 2 is 1.08 bits per heavy atom. The van der Waals surface area contributed by atoms with Crippen LogP contribution in [0.15, 0.2) is 72.9 Å². The highest BCUT2D eigenvalue weighted by Crippen LogP contribution is 2.43. The lowest BCUT2D eigenvalue weighted by Crippen LogP contribution is -2.30. The van der Waals surface area contributed by atoms with Crippen LogP contribution in [0.4, 0.5) is 0 Å². The summed E-state index contributed by atoms with van der Waals surface area (Å²) in [4.78, 5) is 52.7. The van der Waals surface area contributed by atoms with E-state index in [1.54, 1.807) is 18.2 Å². The minimum absolute atomic E-state index is 0.0626. The molecule has 0 aliphatic heterocycles. The van der Waals surface area contributed by atoms with E-state index < -0.39 is 72.3 Å². The number of allylic oxidation sites excluding steroid dienone is 11. The van der Waals surface area contributed by atoms with Gasteiger partial charge in [0.1, 0.15) is 12.7 Å². The van der Waals surface area contributed by atoms with Crippen molar-refractivity contribution >= 4 is 27.6 Å². The van der Waals surface area contributed by atoms with Gasteiger partial charge in [-0.15, -0.1) is 0 Å². The topological polar surface area (TPSA) is 216 Å². The van der Waals surface area contributed by atoms with Crippen LogP contribution >= 0.6 is 15.6 Å². The minimum atomic E-state index is -4.89. The summed E-state index contributed by atoms with van der Waals surface area (Å²) in [5.74, 6) is -0.512. The highest BCUT2D eigenvalue weighted by Gasteiger charge is 2.28. The second-order valence-electron chi connectivity index (χ2n) is 15.0. The largest absolute Gasteiger partial charge is 0.472 e. The molecule has 0 aliphatic carbocycles.